The lowest BCUT2D eigenvalue weighted by Gasteiger charge is -2.19. The fourth-order valence-electron chi connectivity index (χ4n) is 3.97. The monoisotopic (exact) mass is 533 g/mol. The van der Waals surface area contributed by atoms with Crippen LogP contribution in [-0.4, -0.2) is 81.8 Å². The molecule has 39 heavy (non-hydrogen) atoms. The first-order chi connectivity index (χ1) is 18.6. The van der Waals surface area contributed by atoms with Crippen molar-refractivity contribution >= 4 is 33.6 Å². The lowest BCUT2D eigenvalue weighted by atomic mass is 10.1. The maximum absolute atomic E-state index is 13.3. The molecule has 0 saturated heterocycles. The summed E-state index contributed by atoms with van der Waals surface area (Å²) in [7, 11) is 4.69. The number of nitriles is 1. The first-order valence-corrected chi connectivity index (χ1v) is 12.2. The van der Waals surface area contributed by atoms with E-state index >= 15 is 0 Å². The predicted octanol–water partition coefficient (Wildman–Crippen LogP) is 2.02. The standard InChI is InChI=1S/C27H28FN7O4/c1-16(28)15-39-23-10-22-21(9-17(23)12-29)30-24(31-22)11-20-18-7-5-6-8-19(18)27(38)35(32-20)14-26(37)34(4)13-25(36)33(2)3/h5-10,16H,11,13-15H2,1-4H3,(H,30,31). The van der Waals surface area contributed by atoms with Crippen LogP contribution in [0.1, 0.15) is 24.0 Å². The van der Waals surface area contributed by atoms with Gasteiger partial charge in [-0.05, 0) is 19.1 Å². The zero-order valence-corrected chi connectivity index (χ0v) is 22.1. The Balaban J connectivity index is 1.67. The summed E-state index contributed by atoms with van der Waals surface area (Å²) in [5.74, 6) is 0.0549. The van der Waals surface area contributed by atoms with Crippen molar-refractivity contribution in [3.05, 3.63) is 63.8 Å². The van der Waals surface area contributed by atoms with E-state index in [4.69, 9.17) is 4.74 Å². The van der Waals surface area contributed by atoms with Gasteiger partial charge >= 0.3 is 0 Å². The second kappa shape index (κ2) is 11.3. The molecule has 4 rings (SSSR count). The van der Waals surface area contributed by atoms with E-state index in [2.05, 4.69) is 15.1 Å². The first kappa shape index (κ1) is 27.3. The highest BCUT2D eigenvalue weighted by Crippen LogP contribution is 2.26. The van der Waals surface area contributed by atoms with Gasteiger partial charge in [0.2, 0.25) is 11.8 Å². The number of ether oxygens (including phenoxy) is 1. The van der Waals surface area contributed by atoms with Crippen molar-refractivity contribution in [1.82, 2.24) is 29.5 Å². The first-order valence-electron chi connectivity index (χ1n) is 12.2. The normalized spacial score (nSPS) is 11.8. The highest BCUT2D eigenvalue weighted by atomic mass is 19.1. The van der Waals surface area contributed by atoms with Gasteiger partial charge in [-0.15, -0.1) is 0 Å². The van der Waals surface area contributed by atoms with Gasteiger partial charge in [0.05, 0.1) is 40.6 Å². The fraction of sp³-hybridized carbons (Fsp3) is 0.333. The number of imidazole rings is 1. The number of amides is 2. The lowest BCUT2D eigenvalue weighted by Crippen LogP contribution is -2.41. The smallest absolute Gasteiger partial charge is 0.275 e. The molecule has 2 aromatic heterocycles. The number of nitrogens with zero attached hydrogens (tertiary/aromatic N) is 6. The summed E-state index contributed by atoms with van der Waals surface area (Å²) in [5.41, 5.74) is 1.42. The van der Waals surface area contributed by atoms with Crippen LogP contribution in [0.3, 0.4) is 0 Å². The van der Waals surface area contributed by atoms with Gasteiger partial charge in [0, 0.05) is 32.6 Å². The van der Waals surface area contributed by atoms with Crippen molar-refractivity contribution in [1.29, 1.82) is 5.26 Å². The van der Waals surface area contributed by atoms with Crippen LogP contribution in [0.25, 0.3) is 21.8 Å². The van der Waals surface area contributed by atoms with Crippen molar-refractivity contribution < 1.29 is 18.7 Å². The van der Waals surface area contributed by atoms with E-state index in [1.54, 1.807) is 50.5 Å². The summed E-state index contributed by atoms with van der Waals surface area (Å²) >= 11 is 0. The number of rotatable bonds is 9. The lowest BCUT2D eigenvalue weighted by molar-refractivity contribution is -0.138. The molecule has 2 aromatic carbocycles. The average Bonchev–Trinajstić information content (AvgIpc) is 3.30. The number of benzene rings is 2. The third kappa shape index (κ3) is 6.04. The summed E-state index contributed by atoms with van der Waals surface area (Å²) < 4.78 is 19.8. The molecule has 2 amide bonds. The Morgan fingerprint density at radius 2 is 1.90 bits per heavy atom. The number of nitrogens with one attached hydrogen (secondary N) is 1. The molecule has 12 heteroatoms. The van der Waals surface area contributed by atoms with Crippen LogP contribution in [0.4, 0.5) is 4.39 Å². The molecule has 0 radical (unpaired) electrons. The largest absolute Gasteiger partial charge is 0.489 e. The van der Waals surface area contributed by atoms with Gasteiger partial charge < -0.3 is 19.5 Å². The summed E-state index contributed by atoms with van der Waals surface area (Å²) in [4.78, 5) is 48.3. The topological polar surface area (TPSA) is 137 Å². The predicted molar refractivity (Wildman–Crippen MR) is 142 cm³/mol. The highest BCUT2D eigenvalue weighted by Gasteiger charge is 2.19. The highest BCUT2D eigenvalue weighted by molar-refractivity contribution is 5.86. The van der Waals surface area contributed by atoms with Crippen molar-refractivity contribution in [3.63, 3.8) is 0 Å². The van der Waals surface area contributed by atoms with Gasteiger partial charge in [0.25, 0.3) is 5.56 Å². The van der Waals surface area contributed by atoms with Crippen LogP contribution in [-0.2, 0) is 22.6 Å². The van der Waals surface area contributed by atoms with Crippen LogP contribution in [0.15, 0.2) is 41.2 Å². The molecule has 2 heterocycles. The second-order valence-electron chi connectivity index (χ2n) is 9.42. The summed E-state index contributed by atoms with van der Waals surface area (Å²) in [5, 5.41) is 15.0. The van der Waals surface area contributed by atoms with Crippen LogP contribution in [0.2, 0.25) is 0 Å². The minimum absolute atomic E-state index is 0.124. The minimum atomic E-state index is -1.20. The third-order valence-corrected chi connectivity index (χ3v) is 6.08. The number of H-pyrrole nitrogens is 1. The number of hydrogen-bond acceptors (Lipinski definition) is 7. The fourth-order valence-corrected chi connectivity index (χ4v) is 3.97. The molecule has 0 aliphatic rings. The van der Waals surface area contributed by atoms with Gasteiger partial charge in [-0.3, -0.25) is 14.4 Å². The summed E-state index contributed by atoms with van der Waals surface area (Å²) in [6.07, 6.45) is -1.00. The number of fused-ring (bicyclic) bond motifs is 2. The number of likely N-dealkylation sites (N-methyl/N-ethyl adjacent to an activating group) is 2. The molecular formula is C27H28FN7O4. The Morgan fingerprint density at radius 1 is 1.18 bits per heavy atom. The van der Waals surface area contributed by atoms with E-state index in [1.165, 1.54) is 23.8 Å². The second-order valence-corrected chi connectivity index (χ2v) is 9.42. The van der Waals surface area contributed by atoms with E-state index in [-0.39, 0.29) is 43.3 Å². The molecule has 0 fully saturated rings. The van der Waals surface area contributed by atoms with E-state index in [0.29, 0.717) is 33.3 Å². The number of aromatic nitrogens is 4. The van der Waals surface area contributed by atoms with E-state index in [9.17, 15) is 24.0 Å². The Morgan fingerprint density at radius 3 is 2.56 bits per heavy atom. The Kier molecular flexibility index (Phi) is 7.90. The molecule has 4 aromatic rings. The Hall–Kier alpha value is -4.79. The van der Waals surface area contributed by atoms with Crippen molar-refractivity contribution in [3.8, 4) is 11.8 Å². The van der Waals surface area contributed by atoms with Gasteiger partial charge in [0.1, 0.15) is 37.0 Å². The van der Waals surface area contributed by atoms with Crippen LogP contribution in [0, 0.1) is 11.3 Å². The molecule has 1 unspecified atom stereocenters. The van der Waals surface area contributed by atoms with Crippen molar-refractivity contribution in [2.24, 2.45) is 0 Å². The molecule has 0 saturated carbocycles. The van der Waals surface area contributed by atoms with Gasteiger partial charge in [0.15, 0.2) is 0 Å². The molecule has 1 N–H and O–H groups in total. The third-order valence-electron chi connectivity index (χ3n) is 6.08. The van der Waals surface area contributed by atoms with E-state index < -0.39 is 17.6 Å². The van der Waals surface area contributed by atoms with E-state index in [1.807, 2.05) is 6.07 Å². The van der Waals surface area contributed by atoms with Crippen LogP contribution < -0.4 is 10.3 Å². The van der Waals surface area contributed by atoms with Crippen molar-refractivity contribution in [2.45, 2.75) is 26.1 Å². The molecular weight excluding hydrogens is 505 g/mol. The maximum Gasteiger partial charge on any atom is 0.275 e. The molecule has 202 valence electrons. The van der Waals surface area contributed by atoms with Crippen LogP contribution >= 0.6 is 0 Å². The SMILES string of the molecule is CC(F)COc1cc2nc(Cc3nn(CC(=O)N(C)CC(=O)N(C)C)c(=O)c4ccccc34)[nH]c2cc1C#N. The number of carbonyl (C=O) groups excluding carboxylic acids is 2. The molecule has 0 aliphatic heterocycles. The number of carbonyl (C=O) groups is 2. The zero-order chi connectivity index (χ0) is 28.3. The van der Waals surface area contributed by atoms with E-state index in [0.717, 1.165) is 4.68 Å². The van der Waals surface area contributed by atoms with Gasteiger partial charge in [-0.25, -0.2) is 14.1 Å². The summed E-state index contributed by atoms with van der Waals surface area (Å²) in [6, 6.07) is 12.2. The Bertz CT molecular complexity index is 1650. The number of halogens is 1. The van der Waals surface area contributed by atoms with Crippen LogP contribution in [0.5, 0.6) is 5.75 Å². The molecule has 1 atom stereocenters. The summed E-state index contributed by atoms with van der Waals surface area (Å²) in [6.45, 7) is 0.711. The average molecular weight is 534 g/mol. The molecule has 0 aliphatic carbocycles. The van der Waals surface area contributed by atoms with Gasteiger partial charge in [-0.2, -0.15) is 10.4 Å². The zero-order valence-electron chi connectivity index (χ0n) is 22.1. The molecule has 0 spiro atoms. The Labute approximate surface area is 223 Å². The quantitative estimate of drug-likeness (QED) is 0.347. The van der Waals surface area contributed by atoms with Gasteiger partial charge in [-0.1, -0.05) is 18.2 Å². The molecule has 11 nitrogen and oxygen atoms in total. The number of alkyl halides is 1. The number of hydrogen-bond donors (Lipinski definition) is 1. The maximum atomic E-state index is 13.3. The number of aromatic amines is 1. The molecule has 0 bridgehead atoms. The minimum Gasteiger partial charge on any atom is -0.489 e. The van der Waals surface area contributed by atoms with Crippen molar-refractivity contribution in [2.75, 3.05) is 34.3 Å².